The molecular weight excluding hydrogens is 230 g/mol. The molecule has 1 aromatic rings. The van der Waals surface area contributed by atoms with E-state index in [9.17, 15) is 0 Å². The third-order valence-electron chi connectivity index (χ3n) is 2.83. The van der Waals surface area contributed by atoms with Gasteiger partial charge in [0.25, 0.3) is 0 Å². The minimum Gasteiger partial charge on any atom is -0.373 e. The van der Waals surface area contributed by atoms with Crippen LogP contribution in [0.2, 0.25) is 0 Å². The van der Waals surface area contributed by atoms with E-state index in [0.717, 1.165) is 13.2 Å². The van der Waals surface area contributed by atoms with Gasteiger partial charge in [-0.15, -0.1) is 11.3 Å². The van der Waals surface area contributed by atoms with Crippen molar-refractivity contribution < 1.29 is 4.74 Å². The van der Waals surface area contributed by atoms with Gasteiger partial charge in [-0.2, -0.15) is 0 Å². The standard InChI is InChI=1S/C14H25NOS/c1-10(2)12(5)16-9-14-7-6-13(17-14)8-15-11(3)4/h6-7,10-12,15H,8-9H2,1-5H3. The molecule has 0 saturated carbocycles. The lowest BCUT2D eigenvalue weighted by Gasteiger charge is -2.15. The summed E-state index contributed by atoms with van der Waals surface area (Å²) < 4.78 is 5.82. The van der Waals surface area contributed by atoms with E-state index in [2.05, 4.69) is 52.1 Å². The van der Waals surface area contributed by atoms with Crippen molar-refractivity contribution in [2.45, 2.75) is 59.9 Å². The highest BCUT2D eigenvalue weighted by Crippen LogP contribution is 2.19. The van der Waals surface area contributed by atoms with Gasteiger partial charge in [0.2, 0.25) is 0 Å². The molecule has 0 aliphatic heterocycles. The second-order valence-electron chi connectivity index (χ2n) is 5.16. The van der Waals surface area contributed by atoms with E-state index < -0.39 is 0 Å². The van der Waals surface area contributed by atoms with Crippen molar-refractivity contribution in [2.24, 2.45) is 5.92 Å². The quantitative estimate of drug-likeness (QED) is 0.800. The zero-order valence-electron chi connectivity index (χ0n) is 11.6. The van der Waals surface area contributed by atoms with Gasteiger partial charge in [-0.3, -0.25) is 0 Å². The molecule has 1 aromatic heterocycles. The first-order valence-corrected chi connectivity index (χ1v) is 7.23. The maximum Gasteiger partial charge on any atom is 0.0813 e. The highest BCUT2D eigenvalue weighted by molar-refractivity contribution is 7.11. The topological polar surface area (TPSA) is 21.3 Å². The normalized spacial score (nSPS) is 13.6. The molecule has 0 spiro atoms. The van der Waals surface area contributed by atoms with Crippen LogP contribution in [-0.4, -0.2) is 12.1 Å². The molecule has 0 aliphatic carbocycles. The number of nitrogens with one attached hydrogen (secondary N) is 1. The fraction of sp³-hybridized carbons (Fsp3) is 0.714. The van der Waals surface area contributed by atoms with Crippen molar-refractivity contribution in [2.75, 3.05) is 0 Å². The van der Waals surface area contributed by atoms with Crippen molar-refractivity contribution >= 4 is 11.3 Å². The Bertz CT molecular complexity index is 320. The zero-order chi connectivity index (χ0) is 12.8. The molecule has 1 N–H and O–H groups in total. The van der Waals surface area contributed by atoms with E-state index >= 15 is 0 Å². The van der Waals surface area contributed by atoms with Crippen LogP contribution >= 0.6 is 11.3 Å². The van der Waals surface area contributed by atoms with Gasteiger partial charge >= 0.3 is 0 Å². The van der Waals surface area contributed by atoms with Crippen LogP contribution in [0.3, 0.4) is 0 Å². The molecule has 17 heavy (non-hydrogen) atoms. The van der Waals surface area contributed by atoms with E-state index in [-0.39, 0.29) is 0 Å². The maximum absolute atomic E-state index is 5.82. The first-order chi connectivity index (χ1) is 7.99. The first-order valence-electron chi connectivity index (χ1n) is 6.41. The van der Waals surface area contributed by atoms with Crippen molar-refractivity contribution in [1.82, 2.24) is 5.32 Å². The minimum absolute atomic E-state index is 0.328. The van der Waals surface area contributed by atoms with Gasteiger partial charge in [-0.25, -0.2) is 0 Å². The predicted octanol–water partition coefficient (Wildman–Crippen LogP) is 3.81. The average molecular weight is 255 g/mol. The number of ether oxygens (including phenoxy) is 1. The molecule has 0 aliphatic rings. The second-order valence-corrected chi connectivity index (χ2v) is 6.42. The fourth-order valence-electron chi connectivity index (χ4n) is 1.31. The van der Waals surface area contributed by atoms with Gasteiger partial charge < -0.3 is 10.1 Å². The Morgan fingerprint density at radius 1 is 1.12 bits per heavy atom. The highest BCUT2D eigenvalue weighted by Gasteiger charge is 2.08. The third-order valence-corrected chi connectivity index (χ3v) is 3.89. The van der Waals surface area contributed by atoms with Crippen LogP contribution in [-0.2, 0) is 17.9 Å². The van der Waals surface area contributed by atoms with Crippen molar-refractivity contribution in [1.29, 1.82) is 0 Å². The first kappa shape index (κ1) is 14.7. The van der Waals surface area contributed by atoms with Crippen LogP contribution in [0.1, 0.15) is 44.4 Å². The van der Waals surface area contributed by atoms with Crippen LogP contribution in [0.15, 0.2) is 12.1 Å². The molecule has 0 fully saturated rings. The van der Waals surface area contributed by atoms with Crippen LogP contribution in [0.5, 0.6) is 0 Å². The molecule has 98 valence electrons. The Morgan fingerprint density at radius 2 is 1.76 bits per heavy atom. The summed E-state index contributed by atoms with van der Waals surface area (Å²) in [7, 11) is 0. The van der Waals surface area contributed by atoms with Crippen LogP contribution in [0.4, 0.5) is 0 Å². The Hall–Kier alpha value is -0.380. The van der Waals surface area contributed by atoms with Crippen LogP contribution in [0.25, 0.3) is 0 Å². The summed E-state index contributed by atoms with van der Waals surface area (Å²) in [4.78, 5) is 2.70. The molecule has 0 bridgehead atoms. The van der Waals surface area contributed by atoms with Gasteiger partial charge in [0, 0.05) is 22.3 Å². The molecule has 1 rings (SSSR count). The Kier molecular flexibility index (Phi) is 6.17. The second kappa shape index (κ2) is 7.14. The SMILES string of the molecule is CC(C)NCc1ccc(COC(C)C(C)C)s1. The lowest BCUT2D eigenvalue weighted by Crippen LogP contribution is -2.21. The van der Waals surface area contributed by atoms with Crippen molar-refractivity contribution in [3.05, 3.63) is 21.9 Å². The third kappa shape index (κ3) is 5.66. The molecule has 2 nitrogen and oxygen atoms in total. The molecule has 0 saturated heterocycles. The summed E-state index contributed by atoms with van der Waals surface area (Å²) in [6, 6.07) is 4.91. The van der Waals surface area contributed by atoms with Gasteiger partial charge in [-0.1, -0.05) is 27.7 Å². The molecule has 0 aromatic carbocycles. The summed E-state index contributed by atoms with van der Waals surface area (Å²) in [5.41, 5.74) is 0. The Morgan fingerprint density at radius 3 is 2.35 bits per heavy atom. The molecule has 0 radical (unpaired) electrons. The Labute approximate surface area is 109 Å². The molecule has 1 unspecified atom stereocenters. The lowest BCUT2D eigenvalue weighted by molar-refractivity contribution is 0.0249. The molecular formula is C14H25NOS. The maximum atomic E-state index is 5.82. The number of hydrogen-bond acceptors (Lipinski definition) is 3. The zero-order valence-corrected chi connectivity index (χ0v) is 12.4. The van der Waals surface area contributed by atoms with Gasteiger partial charge in [0.1, 0.15) is 0 Å². The molecule has 3 heteroatoms. The fourth-order valence-corrected chi connectivity index (χ4v) is 2.20. The van der Waals surface area contributed by atoms with Crippen molar-refractivity contribution in [3.8, 4) is 0 Å². The Balaban J connectivity index is 2.35. The summed E-state index contributed by atoms with van der Waals surface area (Å²) in [5, 5.41) is 3.43. The lowest BCUT2D eigenvalue weighted by atomic mass is 10.1. The predicted molar refractivity (Wildman–Crippen MR) is 75.4 cm³/mol. The average Bonchev–Trinajstić information content (AvgIpc) is 2.70. The van der Waals surface area contributed by atoms with E-state index in [0.29, 0.717) is 18.1 Å². The number of thiophene rings is 1. The van der Waals surface area contributed by atoms with E-state index in [1.54, 1.807) is 0 Å². The van der Waals surface area contributed by atoms with E-state index in [1.165, 1.54) is 9.75 Å². The smallest absolute Gasteiger partial charge is 0.0813 e. The van der Waals surface area contributed by atoms with Gasteiger partial charge in [-0.05, 0) is 25.0 Å². The minimum atomic E-state index is 0.328. The number of rotatable bonds is 7. The highest BCUT2D eigenvalue weighted by atomic mass is 32.1. The van der Waals surface area contributed by atoms with Gasteiger partial charge in [0.05, 0.1) is 12.7 Å². The van der Waals surface area contributed by atoms with Crippen LogP contribution in [0, 0.1) is 5.92 Å². The molecule has 1 heterocycles. The van der Waals surface area contributed by atoms with E-state index in [4.69, 9.17) is 4.74 Å². The van der Waals surface area contributed by atoms with Crippen molar-refractivity contribution in [3.63, 3.8) is 0 Å². The molecule has 1 atom stereocenters. The number of hydrogen-bond donors (Lipinski definition) is 1. The summed E-state index contributed by atoms with van der Waals surface area (Å²) in [6.45, 7) is 12.6. The van der Waals surface area contributed by atoms with Crippen LogP contribution < -0.4 is 5.32 Å². The summed E-state index contributed by atoms with van der Waals surface area (Å²) in [6.07, 6.45) is 0.328. The largest absolute Gasteiger partial charge is 0.373 e. The summed E-state index contributed by atoms with van der Waals surface area (Å²) in [5.74, 6) is 0.581. The summed E-state index contributed by atoms with van der Waals surface area (Å²) >= 11 is 1.84. The van der Waals surface area contributed by atoms with E-state index in [1.807, 2.05) is 11.3 Å². The monoisotopic (exact) mass is 255 g/mol. The van der Waals surface area contributed by atoms with Gasteiger partial charge in [0.15, 0.2) is 0 Å². The molecule has 0 amide bonds.